The maximum Gasteiger partial charge on any atom is 0.268 e. The average molecular weight is 380 g/mol. The Balaban J connectivity index is 1.63. The van der Waals surface area contributed by atoms with Crippen LogP contribution in [-0.4, -0.2) is 30.6 Å². The number of rotatable bonds is 8. The summed E-state index contributed by atoms with van der Waals surface area (Å²) in [6.45, 7) is 6.58. The van der Waals surface area contributed by atoms with Crippen molar-refractivity contribution in [3.8, 4) is 11.5 Å². The Morgan fingerprint density at radius 3 is 2.54 bits per heavy atom. The predicted octanol–water partition coefficient (Wildman–Crippen LogP) is 4.63. The Hall–Kier alpha value is -2.95. The van der Waals surface area contributed by atoms with Gasteiger partial charge in [0, 0.05) is 16.9 Å². The molecule has 0 bridgehead atoms. The van der Waals surface area contributed by atoms with Gasteiger partial charge in [0.1, 0.15) is 17.2 Å². The van der Waals surface area contributed by atoms with Gasteiger partial charge in [-0.1, -0.05) is 12.1 Å². The van der Waals surface area contributed by atoms with Crippen molar-refractivity contribution in [2.45, 2.75) is 39.7 Å². The number of ether oxygens (including phenoxy) is 2. The molecular weight excluding hydrogens is 352 g/mol. The molecule has 1 amide bonds. The molecule has 1 atom stereocenters. The molecule has 0 aliphatic carbocycles. The van der Waals surface area contributed by atoms with Crippen molar-refractivity contribution in [1.29, 1.82) is 0 Å². The molecular formula is C23H28N2O3. The molecule has 2 N–H and O–H groups in total. The van der Waals surface area contributed by atoms with Crippen molar-refractivity contribution in [3.05, 3.63) is 59.3 Å². The van der Waals surface area contributed by atoms with E-state index in [0.717, 1.165) is 40.8 Å². The summed E-state index contributed by atoms with van der Waals surface area (Å²) in [6.07, 6.45) is 1.76. The van der Waals surface area contributed by atoms with E-state index in [2.05, 4.69) is 22.4 Å². The number of aromatic amines is 1. The van der Waals surface area contributed by atoms with Gasteiger partial charge in [0.15, 0.2) is 0 Å². The number of hydrogen-bond acceptors (Lipinski definition) is 3. The number of carbonyl (C=O) groups excluding carboxylic acids is 1. The highest BCUT2D eigenvalue weighted by Crippen LogP contribution is 2.26. The maximum absolute atomic E-state index is 12.8. The number of aromatic nitrogens is 1. The molecule has 0 saturated heterocycles. The van der Waals surface area contributed by atoms with Crippen molar-refractivity contribution in [2.24, 2.45) is 0 Å². The fraction of sp³-hybridized carbons (Fsp3) is 0.348. The average Bonchev–Trinajstić information content (AvgIpc) is 3.03. The largest absolute Gasteiger partial charge is 0.497 e. The summed E-state index contributed by atoms with van der Waals surface area (Å²) >= 11 is 0. The standard InChI is InChI=1S/C23H28N2O3/c1-5-28-19-12-13-21-20(14-19)16(3)22(25-21)23(26)24-15(2)6-7-17-8-10-18(27-4)11-9-17/h8-15,25H,5-7H2,1-4H3,(H,24,26). The normalized spacial score (nSPS) is 12.0. The van der Waals surface area contributed by atoms with E-state index in [-0.39, 0.29) is 11.9 Å². The molecule has 0 spiro atoms. The molecule has 1 heterocycles. The molecule has 5 heteroatoms. The van der Waals surface area contributed by atoms with Gasteiger partial charge in [-0.25, -0.2) is 0 Å². The summed E-state index contributed by atoms with van der Waals surface area (Å²) in [5, 5.41) is 4.12. The summed E-state index contributed by atoms with van der Waals surface area (Å²) in [5.74, 6) is 1.60. The van der Waals surface area contributed by atoms with Crippen LogP contribution in [0, 0.1) is 6.92 Å². The number of benzene rings is 2. The fourth-order valence-corrected chi connectivity index (χ4v) is 3.33. The van der Waals surface area contributed by atoms with Crippen molar-refractivity contribution in [3.63, 3.8) is 0 Å². The van der Waals surface area contributed by atoms with Crippen LogP contribution >= 0.6 is 0 Å². The number of H-pyrrole nitrogens is 1. The summed E-state index contributed by atoms with van der Waals surface area (Å²) in [4.78, 5) is 16.0. The van der Waals surface area contributed by atoms with Crippen LogP contribution in [0.4, 0.5) is 0 Å². The van der Waals surface area contributed by atoms with Gasteiger partial charge in [0.25, 0.3) is 5.91 Å². The van der Waals surface area contributed by atoms with Crippen molar-refractivity contribution in [2.75, 3.05) is 13.7 Å². The number of carbonyl (C=O) groups is 1. The molecule has 0 fully saturated rings. The SMILES string of the molecule is CCOc1ccc2[nH]c(C(=O)NC(C)CCc3ccc(OC)cc3)c(C)c2c1. The van der Waals surface area contributed by atoms with E-state index in [1.165, 1.54) is 5.56 Å². The van der Waals surface area contributed by atoms with Crippen LogP contribution in [0.25, 0.3) is 10.9 Å². The first-order chi connectivity index (χ1) is 13.5. The van der Waals surface area contributed by atoms with Crippen LogP contribution in [0.2, 0.25) is 0 Å². The molecule has 2 aromatic carbocycles. The van der Waals surface area contributed by atoms with E-state index in [4.69, 9.17) is 9.47 Å². The molecule has 5 nitrogen and oxygen atoms in total. The number of methoxy groups -OCH3 is 1. The van der Waals surface area contributed by atoms with Crippen LogP contribution in [-0.2, 0) is 6.42 Å². The smallest absolute Gasteiger partial charge is 0.268 e. The molecule has 1 unspecified atom stereocenters. The summed E-state index contributed by atoms with van der Waals surface area (Å²) in [7, 11) is 1.66. The lowest BCUT2D eigenvalue weighted by Gasteiger charge is -2.14. The third kappa shape index (κ3) is 4.47. The topological polar surface area (TPSA) is 63.4 Å². The zero-order valence-corrected chi connectivity index (χ0v) is 17.0. The highest BCUT2D eigenvalue weighted by Gasteiger charge is 2.17. The molecule has 0 aliphatic rings. The Morgan fingerprint density at radius 1 is 1.14 bits per heavy atom. The predicted molar refractivity (Wildman–Crippen MR) is 112 cm³/mol. The van der Waals surface area contributed by atoms with E-state index in [9.17, 15) is 4.79 Å². The van der Waals surface area contributed by atoms with Gasteiger partial charge in [0.05, 0.1) is 13.7 Å². The highest BCUT2D eigenvalue weighted by molar-refractivity contribution is 6.01. The van der Waals surface area contributed by atoms with E-state index in [0.29, 0.717) is 12.3 Å². The molecule has 0 aliphatic heterocycles. The summed E-state index contributed by atoms with van der Waals surface area (Å²) in [6, 6.07) is 14.0. The number of amides is 1. The monoisotopic (exact) mass is 380 g/mol. The Labute approximate surface area is 166 Å². The molecule has 148 valence electrons. The Kier molecular flexibility index (Phi) is 6.24. The minimum Gasteiger partial charge on any atom is -0.497 e. The summed E-state index contributed by atoms with van der Waals surface area (Å²) < 4.78 is 10.8. The van der Waals surface area contributed by atoms with Gasteiger partial charge in [0.2, 0.25) is 0 Å². The lowest BCUT2D eigenvalue weighted by Crippen LogP contribution is -2.33. The van der Waals surface area contributed by atoms with E-state index < -0.39 is 0 Å². The maximum atomic E-state index is 12.8. The molecule has 3 aromatic rings. The lowest BCUT2D eigenvalue weighted by atomic mass is 10.1. The minimum atomic E-state index is -0.0751. The van der Waals surface area contributed by atoms with Crippen molar-refractivity contribution >= 4 is 16.8 Å². The first kappa shape index (κ1) is 19.8. The van der Waals surface area contributed by atoms with Gasteiger partial charge in [-0.2, -0.15) is 0 Å². The van der Waals surface area contributed by atoms with Gasteiger partial charge >= 0.3 is 0 Å². The van der Waals surface area contributed by atoms with Crippen LogP contribution < -0.4 is 14.8 Å². The molecule has 3 rings (SSSR count). The quantitative estimate of drug-likeness (QED) is 0.599. The van der Waals surface area contributed by atoms with Crippen molar-refractivity contribution < 1.29 is 14.3 Å². The van der Waals surface area contributed by atoms with Gasteiger partial charge in [-0.05, 0) is 75.1 Å². The van der Waals surface area contributed by atoms with E-state index >= 15 is 0 Å². The molecule has 0 radical (unpaired) electrons. The van der Waals surface area contributed by atoms with Gasteiger partial charge in [-0.15, -0.1) is 0 Å². The Bertz CT molecular complexity index is 944. The zero-order valence-electron chi connectivity index (χ0n) is 17.0. The molecule has 0 saturated carbocycles. The number of nitrogens with one attached hydrogen (secondary N) is 2. The van der Waals surface area contributed by atoms with E-state index in [1.54, 1.807) is 7.11 Å². The first-order valence-corrected chi connectivity index (χ1v) is 9.70. The number of aryl methyl sites for hydroxylation is 2. The van der Waals surface area contributed by atoms with E-state index in [1.807, 2.05) is 51.1 Å². The third-order valence-corrected chi connectivity index (χ3v) is 4.97. The third-order valence-electron chi connectivity index (χ3n) is 4.97. The van der Waals surface area contributed by atoms with Crippen molar-refractivity contribution in [1.82, 2.24) is 10.3 Å². The zero-order chi connectivity index (χ0) is 20.1. The van der Waals surface area contributed by atoms with Gasteiger partial charge in [-0.3, -0.25) is 4.79 Å². The lowest BCUT2D eigenvalue weighted by molar-refractivity contribution is 0.0933. The fourth-order valence-electron chi connectivity index (χ4n) is 3.33. The van der Waals surface area contributed by atoms with Crippen LogP contribution in [0.5, 0.6) is 11.5 Å². The second kappa shape index (κ2) is 8.83. The highest BCUT2D eigenvalue weighted by atomic mass is 16.5. The second-order valence-corrected chi connectivity index (χ2v) is 7.03. The minimum absolute atomic E-state index is 0.0689. The first-order valence-electron chi connectivity index (χ1n) is 9.70. The van der Waals surface area contributed by atoms with Crippen LogP contribution in [0.3, 0.4) is 0 Å². The van der Waals surface area contributed by atoms with Gasteiger partial charge < -0.3 is 19.8 Å². The Morgan fingerprint density at radius 2 is 1.86 bits per heavy atom. The molecule has 28 heavy (non-hydrogen) atoms. The van der Waals surface area contributed by atoms with Crippen LogP contribution in [0.1, 0.15) is 41.9 Å². The van der Waals surface area contributed by atoms with Crippen LogP contribution in [0.15, 0.2) is 42.5 Å². The number of fused-ring (bicyclic) bond motifs is 1. The summed E-state index contributed by atoms with van der Waals surface area (Å²) in [5.41, 5.74) is 3.72. The molecule has 1 aromatic heterocycles. The second-order valence-electron chi connectivity index (χ2n) is 7.03. The number of hydrogen-bond donors (Lipinski definition) is 2.